The number of hydrogen-bond acceptors (Lipinski definition) is 10. The van der Waals surface area contributed by atoms with Crippen molar-refractivity contribution in [2.75, 3.05) is 13.1 Å². The van der Waals surface area contributed by atoms with Crippen molar-refractivity contribution in [2.45, 2.75) is 90.6 Å². The molecule has 2 atom stereocenters. The Morgan fingerprint density at radius 1 is 0.541 bits per heavy atom. The van der Waals surface area contributed by atoms with E-state index in [1.807, 2.05) is 133 Å². The van der Waals surface area contributed by atoms with E-state index in [4.69, 9.17) is 28.4 Å². The number of likely N-dealkylation sites (tertiary alicyclic amines) is 1. The molecule has 1 aliphatic heterocycles. The van der Waals surface area contributed by atoms with Crippen molar-refractivity contribution in [2.24, 2.45) is 0 Å². The predicted octanol–water partition coefficient (Wildman–Crippen LogP) is 11.7. The zero-order chi connectivity index (χ0) is 51.4. The van der Waals surface area contributed by atoms with Gasteiger partial charge in [-0.3, -0.25) is 9.59 Å². The van der Waals surface area contributed by atoms with Crippen molar-refractivity contribution in [1.82, 2.24) is 10.2 Å². The van der Waals surface area contributed by atoms with Gasteiger partial charge in [0.1, 0.15) is 66.7 Å². The SMILES string of the molecule is CC(C)(C)OC(=O)N1C[C@@H](NC(=O)c2ccc(OCc3ccccc3)cc2)[C@H](OC(=O)c2cc(OCc3ccccc3)c(C(=O)c3c(OCc4ccccc4)ccc4c3CCCC4)c(OCc3ccccc3)c2)C1. The van der Waals surface area contributed by atoms with E-state index in [1.54, 1.807) is 45.0 Å². The van der Waals surface area contributed by atoms with Crippen LogP contribution in [0, 0.1) is 0 Å². The molecule has 1 saturated heterocycles. The van der Waals surface area contributed by atoms with E-state index in [-0.39, 0.29) is 61.3 Å². The molecule has 1 aliphatic carbocycles. The predicted molar refractivity (Wildman–Crippen MR) is 281 cm³/mol. The smallest absolute Gasteiger partial charge is 0.410 e. The van der Waals surface area contributed by atoms with Crippen LogP contribution in [0.4, 0.5) is 4.79 Å². The first-order chi connectivity index (χ1) is 35.9. The summed E-state index contributed by atoms with van der Waals surface area (Å²) in [4.78, 5) is 59.3. The molecule has 378 valence electrons. The van der Waals surface area contributed by atoms with E-state index >= 15 is 4.79 Å². The lowest BCUT2D eigenvalue weighted by atomic mass is 9.84. The van der Waals surface area contributed by atoms with Gasteiger partial charge in [-0.15, -0.1) is 0 Å². The average molecular weight is 993 g/mol. The number of ether oxygens (including phenoxy) is 6. The molecule has 12 heteroatoms. The molecule has 0 radical (unpaired) electrons. The molecule has 1 fully saturated rings. The number of benzene rings is 7. The minimum atomic E-state index is -1.02. The van der Waals surface area contributed by atoms with Crippen LogP contribution in [0.3, 0.4) is 0 Å². The summed E-state index contributed by atoms with van der Waals surface area (Å²) in [5.74, 6) is -0.396. The highest BCUT2D eigenvalue weighted by molar-refractivity contribution is 6.15. The number of carbonyl (C=O) groups is 4. The monoisotopic (exact) mass is 992 g/mol. The first-order valence-electron chi connectivity index (χ1n) is 25.1. The molecule has 1 N–H and O–H groups in total. The third-order valence-electron chi connectivity index (χ3n) is 12.8. The van der Waals surface area contributed by atoms with Gasteiger partial charge in [0.15, 0.2) is 0 Å². The summed E-state index contributed by atoms with van der Waals surface area (Å²) >= 11 is 0. The maximum atomic E-state index is 15.7. The van der Waals surface area contributed by atoms with Gasteiger partial charge in [-0.25, -0.2) is 9.59 Å². The summed E-state index contributed by atoms with van der Waals surface area (Å²) in [5.41, 5.74) is 5.69. The largest absolute Gasteiger partial charge is 0.489 e. The Morgan fingerprint density at radius 2 is 1.04 bits per heavy atom. The summed E-state index contributed by atoms with van der Waals surface area (Å²) < 4.78 is 37.7. The highest BCUT2D eigenvalue weighted by atomic mass is 16.6. The zero-order valence-corrected chi connectivity index (χ0v) is 41.9. The van der Waals surface area contributed by atoms with Crippen molar-refractivity contribution in [3.8, 4) is 23.0 Å². The Morgan fingerprint density at radius 3 is 1.57 bits per heavy atom. The Kier molecular flexibility index (Phi) is 16.0. The molecule has 9 rings (SSSR count). The van der Waals surface area contributed by atoms with Gasteiger partial charge in [0.25, 0.3) is 5.91 Å². The highest BCUT2D eigenvalue weighted by Crippen LogP contribution is 2.40. The van der Waals surface area contributed by atoms with E-state index in [2.05, 4.69) is 5.32 Å². The Balaban J connectivity index is 1.06. The van der Waals surface area contributed by atoms with E-state index in [9.17, 15) is 14.4 Å². The Bertz CT molecular complexity index is 2990. The fourth-order valence-electron chi connectivity index (χ4n) is 9.07. The number of fused-ring (bicyclic) bond motifs is 1. The van der Waals surface area contributed by atoms with Crippen LogP contribution in [-0.4, -0.2) is 59.5 Å². The van der Waals surface area contributed by atoms with Crippen molar-refractivity contribution in [3.05, 3.63) is 225 Å². The van der Waals surface area contributed by atoms with Crippen LogP contribution in [0.1, 0.15) is 104 Å². The number of nitrogens with zero attached hydrogens (tertiary/aromatic N) is 1. The van der Waals surface area contributed by atoms with Gasteiger partial charge in [0, 0.05) is 12.1 Å². The standard InChI is InChI=1S/C62H60N2O10/c1-62(2,3)74-61(68)64-36-51(63-59(66)47-28-31-49(32-29-47)69-38-42-18-8-4-9-19-42)55(37-64)73-60(67)48-34-53(71-40-44-22-12-6-13-23-44)57(54(35-48)72-41-45-24-14-7-15-25-45)58(65)56-50-27-17-16-26-46(50)30-33-52(56)70-39-43-20-10-5-11-21-43/h4-15,18-25,28-35,51,55H,16-17,26-27,36-41H2,1-3H3,(H,63,66)/t51-,55-/m1/s1. The molecular formula is C62H60N2O10. The lowest BCUT2D eigenvalue weighted by molar-refractivity contribution is 0.0177. The van der Waals surface area contributed by atoms with Crippen LogP contribution in [0.5, 0.6) is 23.0 Å². The number of ketones is 1. The van der Waals surface area contributed by atoms with Crippen molar-refractivity contribution in [3.63, 3.8) is 0 Å². The first-order valence-corrected chi connectivity index (χ1v) is 25.1. The molecule has 0 aromatic heterocycles. The molecule has 74 heavy (non-hydrogen) atoms. The first kappa shape index (κ1) is 50.6. The lowest BCUT2D eigenvalue weighted by Crippen LogP contribution is -2.44. The lowest BCUT2D eigenvalue weighted by Gasteiger charge is -2.24. The Labute approximate surface area is 432 Å². The number of carbonyl (C=O) groups excluding carboxylic acids is 4. The number of rotatable bonds is 18. The van der Waals surface area contributed by atoms with Gasteiger partial charge >= 0.3 is 12.1 Å². The summed E-state index contributed by atoms with van der Waals surface area (Å²) in [6.07, 6.45) is 1.76. The number of hydrogen-bond donors (Lipinski definition) is 1. The van der Waals surface area contributed by atoms with E-state index in [0.29, 0.717) is 35.7 Å². The molecule has 0 unspecified atom stereocenters. The highest BCUT2D eigenvalue weighted by Gasteiger charge is 2.41. The second kappa shape index (κ2) is 23.4. The van der Waals surface area contributed by atoms with Gasteiger partial charge in [-0.1, -0.05) is 127 Å². The minimum Gasteiger partial charge on any atom is -0.489 e. The molecule has 1 heterocycles. The van der Waals surface area contributed by atoms with E-state index < -0.39 is 35.7 Å². The molecule has 0 bridgehead atoms. The van der Waals surface area contributed by atoms with Crippen LogP contribution in [0.25, 0.3) is 0 Å². The molecule has 0 spiro atoms. The van der Waals surface area contributed by atoms with Gasteiger partial charge in [0.05, 0.1) is 23.7 Å². The maximum Gasteiger partial charge on any atom is 0.410 e. The topological polar surface area (TPSA) is 139 Å². The summed E-state index contributed by atoms with van der Waals surface area (Å²) in [7, 11) is 0. The zero-order valence-electron chi connectivity index (χ0n) is 41.9. The number of esters is 1. The third kappa shape index (κ3) is 13.0. The number of nitrogens with one attached hydrogen (secondary N) is 1. The fraction of sp³-hybridized carbons (Fsp3) is 0.258. The van der Waals surface area contributed by atoms with Gasteiger partial charge in [0.2, 0.25) is 5.78 Å². The fourth-order valence-corrected chi connectivity index (χ4v) is 9.07. The van der Waals surface area contributed by atoms with Crippen molar-refractivity contribution in [1.29, 1.82) is 0 Å². The van der Waals surface area contributed by atoms with Gasteiger partial charge < -0.3 is 38.6 Å². The molecule has 0 saturated carbocycles. The molecule has 2 aliphatic rings. The van der Waals surface area contributed by atoms with Crippen LogP contribution in [-0.2, 0) is 48.7 Å². The minimum absolute atomic E-state index is 0.00272. The average Bonchev–Trinajstić information content (AvgIpc) is 3.82. The molecule has 7 aromatic rings. The number of amides is 2. The summed E-state index contributed by atoms with van der Waals surface area (Å²) in [6.45, 7) is 5.93. The molecule has 2 amide bonds. The van der Waals surface area contributed by atoms with Crippen LogP contribution >= 0.6 is 0 Å². The number of aryl methyl sites for hydroxylation is 1. The second-order valence-electron chi connectivity index (χ2n) is 19.5. The van der Waals surface area contributed by atoms with E-state index in [1.165, 1.54) is 17.0 Å². The van der Waals surface area contributed by atoms with E-state index in [0.717, 1.165) is 52.6 Å². The van der Waals surface area contributed by atoms with Crippen LogP contribution in [0.15, 0.2) is 170 Å². The molecular weight excluding hydrogens is 933 g/mol. The third-order valence-corrected chi connectivity index (χ3v) is 12.8. The Hall–Kier alpha value is -8.38. The summed E-state index contributed by atoms with van der Waals surface area (Å²) in [5, 5.41) is 3.01. The maximum absolute atomic E-state index is 15.7. The van der Waals surface area contributed by atoms with Crippen molar-refractivity contribution >= 4 is 23.8 Å². The molecule has 12 nitrogen and oxygen atoms in total. The summed E-state index contributed by atoms with van der Waals surface area (Å²) in [6, 6.07) is 51.4. The quantitative estimate of drug-likeness (QED) is 0.0653. The normalized spacial score (nSPS) is 15.0. The van der Waals surface area contributed by atoms with Crippen LogP contribution in [0.2, 0.25) is 0 Å². The van der Waals surface area contributed by atoms with Gasteiger partial charge in [-0.05, 0) is 122 Å². The second-order valence-corrected chi connectivity index (χ2v) is 19.5. The van der Waals surface area contributed by atoms with Crippen LogP contribution < -0.4 is 24.3 Å². The molecule has 7 aromatic carbocycles. The van der Waals surface area contributed by atoms with Crippen molar-refractivity contribution < 1.29 is 47.6 Å². The van der Waals surface area contributed by atoms with Gasteiger partial charge in [-0.2, -0.15) is 0 Å².